The van der Waals surface area contributed by atoms with Gasteiger partial charge in [0.2, 0.25) is 0 Å². The molecular formula is C16H19N3S. The zero-order valence-electron chi connectivity index (χ0n) is 11.8. The van der Waals surface area contributed by atoms with Crippen molar-refractivity contribution in [2.24, 2.45) is 0 Å². The quantitative estimate of drug-likeness (QED) is 0.837. The van der Waals surface area contributed by atoms with Gasteiger partial charge in [-0.1, -0.05) is 36.8 Å². The summed E-state index contributed by atoms with van der Waals surface area (Å²) < 4.78 is 0. The summed E-state index contributed by atoms with van der Waals surface area (Å²) in [5, 5.41) is 7.11. The molecule has 104 valence electrons. The lowest BCUT2D eigenvalue weighted by Crippen LogP contribution is -2.32. The number of rotatable bonds is 4. The first kappa shape index (κ1) is 14.5. The number of thiocarbonyl (C=S) groups is 1. The Hall–Kier alpha value is -1.94. The van der Waals surface area contributed by atoms with Crippen molar-refractivity contribution < 1.29 is 0 Å². The van der Waals surface area contributed by atoms with E-state index >= 15 is 0 Å². The van der Waals surface area contributed by atoms with Crippen LogP contribution in [-0.4, -0.2) is 10.1 Å². The lowest BCUT2D eigenvalue weighted by Gasteiger charge is -2.20. The highest BCUT2D eigenvalue weighted by molar-refractivity contribution is 7.80. The average Bonchev–Trinajstić information content (AvgIpc) is 2.47. The molecule has 4 heteroatoms. The number of anilines is 1. The van der Waals surface area contributed by atoms with E-state index in [4.69, 9.17) is 12.2 Å². The molecule has 0 amide bonds. The molecule has 0 bridgehead atoms. The molecule has 0 saturated carbocycles. The van der Waals surface area contributed by atoms with Gasteiger partial charge in [0.25, 0.3) is 0 Å². The van der Waals surface area contributed by atoms with E-state index in [1.807, 2.05) is 12.1 Å². The van der Waals surface area contributed by atoms with Crippen molar-refractivity contribution in [3.63, 3.8) is 0 Å². The average molecular weight is 285 g/mol. The normalized spacial score (nSPS) is 11.7. The summed E-state index contributed by atoms with van der Waals surface area (Å²) in [4.78, 5) is 4.05. The van der Waals surface area contributed by atoms with E-state index in [0.29, 0.717) is 5.11 Å². The lowest BCUT2D eigenvalue weighted by molar-refractivity contribution is 0.629. The molecule has 1 aromatic carbocycles. The Labute approximate surface area is 125 Å². The predicted octanol–water partition coefficient (Wildman–Crippen LogP) is 3.83. The van der Waals surface area contributed by atoms with Crippen LogP contribution in [0.15, 0.2) is 48.8 Å². The molecule has 3 nitrogen and oxygen atoms in total. The Kier molecular flexibility index (Phi) is 5.07. The van der Waals surface area contributed by atoms with E-state index in [0.717, 1.165) is 12.1 Å². The Morgan fingerprint density at radius 3 is 2.60 bits per heavy atom. The number of hydrogen-bond acceptors (Lipinski definition) is 2. The summed E-state index contributed by atoms with van der Waals surface area (Å²) in [6, 6.07) is 12.6. The van der Waals surface area contributed by atoms with E-state index in [-0.39, 0.29) is 6.04 Å². The number of pyridine rings is 1. The molecule has 0 saturated heterocycles. The summed E-state index contributed by atoms with van der Waals surface area (Å²) in [5.41, 5.74) is 3.40. The van der Waals surface area contributed by atoms with Gasteiger partial charge in [0.15, 0.2) is 5.11 Å². The minimum absolute atomic E-state index is 0.215. The second-order valence-electron chi connectivity index (χ2n) is 4.71. The Balaban J connectivity index is 1.99. The molecule has 2 rings (SSSR count). The molecule has 0 aliphatic heterocycles. The number of benzene rings is 1. The maximum atomic E-state index is 5.35. The highest BCUT2D eigenvalue weighted by Gasteiger charge is 2.10. The summed E-state index contributed by atoms with van der Waals surface area (Å²) in [6.45, 7) is 4.23. The van der Waals surface area contributed by atoms with Gasteiger partial charge in [-0.15, -0.1) is 0 Å². The fraction of sp³-hybridized carbons (Fsp3) is 0.250. The van der Waals surface area contributed by atoms with Crippen molar-refractivity contribution in [3.8, 4) is 0 Å². The van der Waals surface area contributed by atoms with E-state index < -0.39 is 0 Å². The maximum Gasteiger partial charge on any atom is 0.171 e. The van der Waals surface area contributed by atoms with Gasteiger partial charge in [-0.2, -0.15) is 0 Å². The van der Waals surface area contributed by atoms with Crippen LogP contribution in [0.25, 0.3) is 0 Å². The summed E-state index contributed by atoms with van der Waals surface area (Å²) in [7, 11) is 0. The van der Waals surface area contributed by atoms with Crippen LogP contribution in [0, 0.1) is 6.92 Å². The summed E-state index contributed by atoms with van der Waals surface area (Å²) in [6.07, 6.45) is 4.46. The Morgan fingerprint density at radius 2 is 2.00 bits per heavy atom. The third kappa shape index (κ3) is 4.03. The molecule has 0 unspecified atom stereocenters. The number of nitrogens with zero attached hydrogens (tertiary/aromatic N) is 1. The first-order chi connectivity index (χ1) is 9.69. The zero-order chi connectivity index (χ0) is 14.4. The van der Waals surface area contributed by atoms with Gasteiger partial charge in [-0.3, -0.25) is 4.98 Å². The first-order valence-corrected chi connectivity index (χ1v) is 7.14. The molecule has 1 heterocycles. The minimum atomic E-state index is 0.215. The van der Waals surface area contributed by atoms with Gasteiger partial charge < -0.3 is 10.6 Å². The van der Waals surface area contributed by atoms with Crippen molar-refractivity contribution in [1.82, 2.24) is 10.3 Å². The number of aryl methyl sites for hydroxylation is 1. The molecule has 20 heavy (non-hydrogen) atoms. The second-order valence-corrected chi connectivity index (χ2v) is 5.12. The number of aromatic nitrogens is 1. The second kappa shape index (κ2) is 7.01. The van der Waals surface area contributed by atoms with Crippen LogP contribution in [0.3, 0.4) is 0 Å². The standard InChI is InChI=1S/C16H19N3S/c1-3-15(13-8-6-12(2)7-9-13)19-16(20)18-14-5-4-10-17-11-14/h4-11,15H,3H2,1-2H3,(H2,18,19,20)/t15-/m0/s1. The van der Waals surface area contributed by atoms with Gasteiger partial charge in [0.1, 0.15) is 0 Å². The molecule has 0 radical (unpaired) electrons. The van der Waals surface area contributed by atoms with Gasteiger partial charge >= 0.3 is 0 Å². The van der Waals surface area contributed by atoms with Crippen LogP contribution in [0.1, 0.15) is 30.5 Å². The Bertz CT molecular complexity index is 552. The number of hydrogen-bond donors (Lipinski definition) is 2. The fourth-order valence-electron chi connectivity index (χ4n) is 1.98. The van der Waals surface area contributed by atoms with Crippen LogP contribution in [0.4, 0.5) is 5.69 Å². The summed E-state index contributed by atoms with van der Waals surface area (Å²) >= 11 is 5.35. The SMILES string of the molecule is CC[C@H](NC(=S)Nc1cccnc1)c1ccc(C)cc1. The largest absolute Gasteiger partial charge is 0.356 e. The third-order valence-electron chi connectivity index (χ3n) is 3.11. The molecule has 2 N–H and O–H groups in total. The van der Waals surface area contributed by atoms with Crippen molar-refractivity contribution in [3.05, 3.63) is 59.9 Å². The molecule has 0 aliphatic rings. The van der Waals surface area contributed by atoms with Crippen LogP contribution >= 0.6 is 12.2 Å². The molecule has 0 fully saturated rings. The van der Waals surface area contributed by atoms with Gasteiger partial charge in [0.05, 0.1) is 17.9 Å². The van der Waals surface area contributed by atoms with Crippen LogP contribution < -0.4 is 10.6 Å². The predicted molar refractivity (Wildman–Crippen MR) is 87.8 cm³/mol. The van der Waals surface area contributed by atoms with Crippen LogP contribution in [0.5, 0.6) is 0 Å². The van der Waals surface area contributed by atoms with E-state index in [1.165, 1.54) is 11.1 Å². The Morgan fingerprint density at radius 1 is 1.25 bits per heavy atom. The van der Waals surface area contributed by atoms with Gasteiger partial charge in [0, 0.05) is 6.20 Å². The van der Waals surface area contributed by atoms with Crippen LogP contribution in [-0.2, 0) is 0 Å². The van der Waals surface area contributed by atoms with Gasteiger partial charge in [-0.05, 0) is 43.3 Å². The van der Waals surface area contributed by atoms with Crippen molar-refractivity contribution >= 4 is 23.0 Å². The van der Waals surface area contributed by atoms with E-state index in [1.54, 1.807) is 12.4 Å². The maximum absolute atomic E-state index is 5.35. The number of nitrogens with one attached hydrogen (secondary N) is 2. The highest BCUT2D eigenvalue weighted by Crippen LogP contribution is 2.17. The molecule has 0 aliphatic carbocycles. The fourth-order valence-corrected chi connectivity index (χ4v) is 2.24. The van der Waals surface area contributed by atoms with Crippen molar-refractivity contribution in [2.75, 3.05) is 5.32 Å². The molecule has 2 aromatic rings. The zero-order valence-corrected chi connectivity index (χ0v) is 12.6. The molecule has 0 spiro atoms. The van der Waals surface area contributed by atoms with E-state index in [9.17, 15) is 0 Å². The van der Waals surface area contributed by atoms with E-state index in [2.05, 4.69) is 53.7 Å². The lowest BCUT2D eigenvalue weighted by atomic mass is 10.0. The minimum Gasteiger partial charge on any atom is -0.356 e. The van der Waals surface area contributed by atoms with Gasteiger partial charge in [-0.25, -0.2) is 0 Å². The van der Waals surface area contributed by atoms with Crippen LogP contribution in [0.2, 0.25) is 0 Å². The first-order valence-electron chi connectivity index (χ1n) is 6.73. The third-order valence-corrected chi connectivity index (χ3v) is 3.33. The smallest absolute Gasteiger partial charge is 0.171 e. The van der Waals surface area contributed by atoms with Crippen molar-refractivity contribution in [1.29, 1.82) is 0 Å². The van der Waals surface area contributed by atoms with Crippen molar-refractivity contribution in [2.45, 2.75) is 26.3 Å². The topological polar surface area (TPSA) is 37.0 Å². The molecule has 1 atom stereocenters. The summed E-state index contributed by atoms with van der Waals surface area (Å²) in [5.74, 6) is 0. The highest BCUT2D eigenvalue weighted by atomic mass is 32.1. The molecule has 1 aromatic heterocycles. The monoisotopic (exact) mass is 285 g/mol. The molecular weight excluding hydrogens is 266 g/mol.